The molecule has 10 heteroatoms. The fraction of sp³-hybridized carbons (Fsp3) is 0.174. The van der Waals surface area contributed by atoms with Crippen LogP contribution in [0, 0.1) is 6.92 Å². The topological polar surface area (TPSA) is 137 Å². The number of rotatable bonds is 8. The predicted octanol–water partition coefficient (Wildman–Crippen LogP) is 3.25. The van der Waals surface area contributed by atoms with Crippen molar-refractivity contribution in [3.8, 4) is 11.1 Å². The molecule has 0 aliphatic heterocycles. The molecule has 172 valence electrons. The van der Waals surface area contributed by atoms with Crippen LogP contribution in [0.1, 0.15) is 11.3 Å². The maximum Gasteiger partial charge on any atom is 0.405 e. The van der Waals surface area contributed by atoms with E-state index in [0.29, 0.717) is 11.3 Å². The van der Waals surface area contributed by atoms with Gasteiger partial charge in [0.05, 0.1) is 11.9 Å². The first kappa shape index (κ1) is 23.7. The zero-order chi connectivity index (χ0) is 24.0. The molecule has 2 amide bonds. The number of carbonyl (C=O) groups excluding carboxylic acids is 1. The van der Waals surface area contributed by atoms with Gasteiger partial charge in [-0.1, -0.05) is 30.3 Å². The number of pyridine rings is 1. The van der Waals surface area contributed by atoms with Crippen molar-refractivity contribution in [1.82, 2.24) is 10.3 Å². The summed E-state index contributed by atoms with van der Waals surface area (Å²) in [6, 6.07) is 16.4. The van der Waals surface area contributed by atoms with Gasteiger partial charge in [0.1, 0.15) is 6.04 Å². The van der Waals surface area contributed by atoms with Crippen molar-refractivity contribution in [2.24, 2.45) is 0 Å². The summed E-state index contributed by atoms with van der Waals surface area (Å²) in [6.07, 6.45) is 1.48. The quantitative estimate of drug-likeness (QED) is 0.400. The molecule has 0 aliphatic rings. The Balaban J connectivity index is 1.93. The van der Waals surface area contributed by atoms with Gasteiger partial charge in [-0.2, -0.15) is 0 Å². The predicted molar refractivity (Wildman–Crippen MR) is 127 cm³/mol. The Morgan fingerprint density at radius 2 is 1.70 bits per heavy atom. The van der Waals surface area contributed by atoms with Gasteiger partial charge in [0.15, 0.2) is 0 Å². The Hall–Kier alpha value is -3.92. The molecule has 2 aromatic carbocycles. The van der Waals surface area contributed by atoms with Crippen LogP contribution in [0.5, 0.6) is 0 Å². The number of hydrogen-bond donors (Lipinski definition) is 4. The van der Waals surface area contributed by atoms with Crippen LogP contribution < -0.4 is 15.4 Å². The molecule has 3 aromatic rings. The smallest absolute Gasteiger partial charge is 0.405 e. The van der Waals surface area contributed by atoms with Gasteiger partial charge in [0, 0.05) is 24.0 Å². The van der Waals surface area contributed by atoms with Crippen molar-refractivity contribution >= 4 is 33.4 Å². The molecule has 0 saturated carbocycles. The Kier molecular flexibility index (Phi) is 7.29. The number of aryl methyl sites for hydroxylation is 1. The van der Waals surface area contributed by atoms with Crippen molar-refractivity contribution in [1.29, 1.82) is 0 Å². The van der Waals surface area contributed by atoms with Crippen LogP contribution in [0.2, 0.25) is 0 Å². The van der Waals surface area contributed by atoms with Crippen molar-refractivity contribution < 1.29 is 23.1 Å². The van der Waals surface area contributed by atoms with Crippen LogP contribution in [-0.2, 0) is 21.2 Å². The average molecular weight is 469 g/mol. The minimum Gasteiger partial charge on any atom is -0.465 e. The van der Waals surface area contributed by atoms with Gasteiger partial charge >= 0.3 is 6.09 Å². The Morgan fingerprint density at radius 1 is 1.00 bits per heavy atom. The lowest BCUT2D eigenvalue weighted by atomic mass is 10.0. The fourth-order valence-electron chi connectivity index (χ4n) is 3.30. The van der Waals surface area contributed by atoms with E-state index in [4.69, 9.17) is 0 Å². The molecule has 4 N–H and O–H groups in total. The van der Waals surface area contributed by atoms with Gasteiger partial charge in [-0.15, -0.1) is 0 Å². The molecule has 1 atom stereocenters. The van der Waals surface area contributed by atoms with Crippen molar-refractivity contribution in [3.05, 3.63) is 78.1 Å². The molecule has 0 radical (unpaired) electrons. The number of hydrogen-bond acceptors (Lipinski definition) is 5. The summed E-state index contributed by atoms with van der Waals surface area (Å²) in [5.41, 5.74) is 3.55. The lowest BCUT2D eigenvalue weighted by Gasteiger charge is -2.18. The summed E-state index contributed by atoms with van der Waals surface area (Å²) < 4.78 is 26.0. The third-order valence-electron chi connectivity index (χ3n) is 4.63. The van der Waals surface area contributed by atoms with E-state index < -0.39 is 28.1 Å². The lowest BCUT2D eigenvalue weighted by Crippen LogP contribution is -2.44. The van der Waals surface area contributed by atoms with Gasteiger partial charge in [-0.3, -0.25) is 14.5 Å². The number of sulfonamides is 1. The van der Waals surface area contributed by atoms with Crippen molar-refractivity contribution in [2.45, 2.75) is 19.4 Å². The van der Waals surface area contributed by atoms with Gasteiger partial charge in [-0.25, -0.2) is 13.2 Å². The third kappa shape index (κ3) is 7.32. The van der Waals surface area contributed by atoms with Crippen molar-refractivity contribution in [3.63, 3.8) is 0 Å². The van der Waals surface area contributed by atoms with Crippen LogP contribution >= 0.6 is 0 Å². The van der Waals surface area contributed by atoms with Crippen LogP contribution in [0.25, 0.3) is 11.1 Å². The molecule has 3 rings (SSSR count). The number of anilines is 2. The van der Waals surface area contributed by atoms with E-state index >= 15 is 0 Å². The molecular weight excluding hydrogens is 444 g/mol. The second-order valence-electron chi connectivity index (χ2n) is 7.54. The second-order valence-corrected chi connectivity index (χ2v) is 9.29. The fourth-order valence-corrected chi connectivity index (χ4v) is 3.85. The first-order chi connectivity index (χ1) is 15.6. The molecule has 0 bridgehead atoms. The maximum atomic E-state index is 13.0. The number of aromatic nitrogens is 1. The summed E-state index contributed by atoms with van der Waals surface area (Å²) in [5, 5.41) is 14.1. The number of carbonyl (C=O) groups is 2. The van der Waals surface area contributed by atoms with Gasteiger partial charge < -0.3 is 15.7 Å². The SMILES string of the molecule is Cc1cc(-c2cc(NC(=O)[C@H](Cc3ccccc3)NC(=O)O)cc(NS(C)(=O)=O)c2)ccn1. The Bertz CT molecular complexity index is 1260. The summed E-state index contributed by atoms with van der Waals surface area (Å²) in [5.74, 6) is -0.574. The summed E-state index contributed by atoms with van der Waals surface area (Å²) in [7, 11) is -3.57. The molecule has 1 aromatic heterocycles. The van der Waals surface area contributed by atoms with E-state index in [-0.39, 0.29) is 12.1 Å². The summed E-state index contributed by atoms with van der Waals surface area (Å²) in [6.45, 7) is 1.83. The first-order valence-corrected chi connectivity index (χ1v) is 11.9. The molecule has 0 fully saturated rings. The number of carboxylic acid groups (broad SMARTS) is 1. The van der Waals surface area contributed by atoms with E-state index in [1.165, 1.54) is 6.07 Å². The normalized spacial score (nSPS) is 11.9. The molecule has 0 saturated heterocycles. The minimum atomic E-state index is -3.57. The summed E-state index contributed by atoms with van der Waals surface area (Å²) >= 11 is 0. The van der Waals surface area contributed by atoms with Crippen LogP contribution in [0.3, 0.4) is 0 Å². The van der Waals surface area contributed by atoms with Crippen LogP contribution in [0.4, 0.5) is 16.2 Å². The highest BCUT2D eigenvalue weighted by Crippen LogP contribution is 2.28. The molecule has 1 heterocycles. The van der Waals surface area contributed by atoms with Gasteiger partial charge in [0.2, 0.25) is 15.9 Å². The number of nitrogens with one attached hydrogen (secondary N) is 3. The first-order valence-electron chi connectivity index (χ1n) is 9.99. The standard InChI is InChI=1S/C23H24N4O5S/c1-15-10-17(8-9-24-15)18-12-19(14-20(13-18)27-33(2,31)32)25-22(28)21(26-23(29)30)11-16-6-4-3-5-7-16/h3-10,12-14,21,26-27H,11H2,1-2H3,(H,25,28)(H,29,30)/t21-/m0/s1. The van der Waals surface area contributed by atoms with E-state index in [0.717, 1.165) is 23.1 Å². The monoisotopic (exact) mass is 468 g/mol. The lowest BCUT2D eigenvalue weighted by molar-refractivity contribution is -0.118. The van der Waals surface area contributed by atoms with Gasteiger partial charge in [0.25, 0.3) is 0 Å². The highest BCUT2D eigenvalue weighted by Gasteiger charge is 2.22. The van der Waals surface area contributed by atoms with Crippen LogP contribution in [-0.4, -0.2) is 42.8 Å². The summed E-state index contributed by atoms with van der Waals surface area (Å²) in [4.78, 5) is 28.4. The van der Waals surface area contributed by atoms with E-state index in [2.05, 4.69) is 20.3 Å². The third-order valence-corrected chi connectivity index (χ3v) is 5.24. The Morgan fingerprint density at radius 3 is 2.33 bits per heavy atom. The minimum absolute atomic E-state index is 0.149. The largest absolute Gasteiger partial charge is 0.465 e. The maximum absolute atomic E-state index is 13.0. The molecule has 0 unspecified atom stereocenters. The van der Waals surface area contributed by atoms with Crippen molar-refractivity contribution in [2.75, 3.05) is 16.3 Å². The zero-order valence-electron chi connectivity index (χ0n) is 18.1. The molecular formula is C23H24N4O5S. The molecule has 33 heavy (non-hydrogen) atoms. The highest BCUT2D eigenvalue weighted by atomic mass is 32.2. The number of amides is 2. The average Bonchev–Trinajstić information content (AvgIpc) is 2.72. The highest BCUT2D eigenvalue weighted by molar-refractivity contribution is 7.92. The second kappa shape index (κ2) is 10.1. The van der Waals surface area contributed by atoms with Gasteiger partial charge in [-0.05, 0) is 53.9 Å². The molecule has 0 spiro atoms. The van der Waals surface area contributed by atoms with E-state index in [1.54, 1.807) is 48.7 Å². The molecule has 0 aliphatic carbocycles. The van der Waals surface area contributed by atoms with E-state index in [9.17, 15) is 23.1 Å². The number of benzene rings is 2. The molecule has 9 nitrogen and oxygen atoms in total. The van der Waals surface area contributed by atoms with Crippen LogP contribution in [0.15, 0.2) is 66.9 Å². The number of nitrogens with zero attached hydrogens (tertiary/aromatic N) is 1. The zero-order valence-corrected chi connectivity index (χ0v) is 18.9. The van der Waals surface area contributed by atoms with E-state index in [1.807, 2.05) is 19.1 Å². The Labute approximate surface area is 191 Å².